The minimum atomic E-state index is 0.683. The van der Waals surface area contributed by atoms with Gasteiger partial charge < -0.3 is 20.1 Å². The lowest BCUT2D eigenvalue weighted by molar-refractivity contribution is 0.124. The maximum atomic E-state index is 4.21. The van der Waals surface area contributed by atoms with Gasteiger partial charge in [0.25, 0.3) is 0 Å². The van der Waals surface area contributed by atoms with E-state index in [0.717, 1.165) is 18.9 Å². The van der Waals surface area contributed by atoms with Gasteiger partial charge in [-0.2, -0.15) is 0 Å². The normalized spacial score (nSPS) is 19.7. The van der Waals surface area contributed by atoms with Crippen LogP contribution in [0.5, 0.6) is 0 Å². The molecule has 1 unspecified atom stereocenters. The Morgan fingerprint density at radius 2 is 2.05 bits per heavy atom. The quantitative estimate of drug-likeness (QED) is 0.764. The van der Waals surface area contributed by atoms with Crippen molar-refractivity contribution >= 4 is 0 Å². The third kappa shape index (κ3) is 4.93. The molecule has 1 aliphatic heterocycles. The van der Waals surface area contributed by atoms with E-state index in [0.29, 0.717) is 5.92 Å². The summed E-state index contributed by atoms with van der Waals surface area (Å²) in [6, 6.07) is 0. The summed E-state index contributed by atoms with van der Waals surface area (Å²) in [6.07, 6.45) is 3.67. The first-order valence-corrected chi connectivity index (χ1v) is 7.41. The van der Waals surface area contributed by atoms with Gasteiger partial charge in [-0.05, 0) is 19.0 Å². The standard InChI is InChI=1S/C14H27N5/c1-3-18-6-8-19(9-7-18)12-13(2)10-15-11-14-16-4-5-17-14/h4-5,13,15H,3,6-12H2,1-2H3,(H,16,17). The fraction of sp³-hybridized carbons (Fsp3) is 0.786. The molecular formula is C14H27N5. The molecule has 1 fully saturated rings. The van der Waals surface area contributed by atoms with Crippen molar-refractivity contribution in [2.24, 2.45) is 5.92 Å². The molecule has 108 valence electrons. The molecule has 2 rings (SSSR count). The maximum absolute atomic E-state index is 4.21. The first kappa shape index (κ1) is 14.5. The maximum Gasteiger partial charge on any atom is 0.120 e. The molecule has 2 N–H and O–H groups in total. The molecule has 1 aromatic rings. The number of rotatable bonds is 7. The second-order valence-corrected chi connectivity index (χ2v) is 5.51. The van der Waals surface area contributed by atoms with Crippen LogP contribution in [0.3, 0.4) is 0 Å². The number of nitrogens with zero attached hydrogens (tertiary/aromatic N) is 3. The molecule has 5 nitrogen and oxygen atoms in total. The van der Waals surface area contributed by atoms with Gasteiger partial charge in [0.15, 0.2) is 0 Å². The second-order valence-electron chi connectivity index (χ2n) is 5.51. The Kier molecular flexibility index (Phi) is 5.82. The van der Waals surface area contributed by atoms with Gasteiger partial charge in [-0.1, -0.05) is 13.8 Å². The van der Waals surface area contributed by atoms with Crippen LogP contribution in [0, 0.1) is 5.92 Å². The first-order valence-electron chi connectivity index (χ1n) is 7.41. The molecule has 5 heteroatoms. The molecule has 19 heavy (non-hydrogen) atoms. The molecule has 1 aromatic heterocycles. The van der Waals surface area contributed by atoms with Crippen LogP contribution in [-0.2, 0) is 6.54 Å². The Morgan fingerprint density at radius 1 is 1.32 bits per heavy atom. The van der Waals surface area contributed by atoms with Gasteiger partial charge in [0.2, 0.25) is 0 Å². The Morgan fingerprint density at radius 3 is 2.68 bits per heavy atom. The molecule has 0 saturated carbocycles. The SMILES string of the molecule is CCN1CCN(CC(C)CNCc2ncc[nH]2)CC1. The zero-order valence-corrected chi connectivity index (χ0v) is 12.2. The second kappa shape index (κ2) is 7.62. The molecule has 0 bridgehead atoms. The Bertz CT molecular complexity index is 330. The fourth-order valence-corrected chi connectivity index (χ4v) is 2.63. The molecular weight excluding hydrogens is 238 g/mol. The van der Waals surface area contributed by atoms with Crippen molar-refractivity contribution in [3.8, 4) is 0 Å². The number of likely N-dealkylation sites (N-methyl/N-ethyl adjacent to an activating group) is 1. The lowest BCUT2D eigenvalue weighted by atomic mass is 10.1. The molecule has 1 saturated heterocycles. The van der Waals surface area contributed by atoms with E-state index in [4.69, 9.17) is 0 Å². The monoisotopic (exact) mass is 265 g/mol. The highest BCUT2D eigenvalue weighted by Gasteiger charge is 2.17. The van der Waals surface area contributed by atoms with Gasteiger partial charge in [0, 0.05) is 45.1 Å². The van der Waals surface area contributed by atoms with Crippen LogP contribution in [0.1, 0.15) is 19.7 Å². The summed E-state index contributed by atoms with van der Waals surface area (Å²) in [5.74, 6) is 1.70. The zero-order valence-electron chi connectivity index (χ0n) is 12.2. The van der Waals surface area contributed by atoms with E-state index in [9.17, 15) is 0 Å². The molecule has 1 aliphatic rings. The fourth-order valence-electron chi connectivity index (χ4n) is 2.63. The van der Waals surface area contributed by atoms with Crippen LogP contribution >= 0.6 is 0 Å². The Hall–Kier alpha value is -0.910. The number of hydrogen-bond donors (Lipinski definition) is 2. The topological polar surface area (TPSA) is 47.2 Å². The highest BCUT2D eigenvalue weighted by molar-refractivity contribution is 4.86. The summed E-state index contributed by atoms with van der Waals surface area (Å²) in [4.78, 5) is 12.4. The van der Waals surface area contributed by atoms with Gasteiger partial charge in [0.1, 0.15) is 5.82 Å². The van der Waals surface area contributed by atoms with Crippen molar-refractivity contribution in [1.29, 1.82) is 0 Å². The lowest BCUT2D eigenvalue weighted by Gasteiger charge is -2.35. The summed E-state index contributed by atoms with van der Waals surface area (Å²) in [5, 5.41) is 3.47. The van der Waals surface area contributed by atoms with Crippen LogP contribution in [0.25, 0.3) is 0 Å². The molecule has 0 radical (unpaired) electrons. The Balaban J connectivity index is 1.58. The van der Waals surface area contributed by atoms with Crippen molar-refractivity contribution in [2.45, 2.75) is 20.4 Å². The number of nitrogens with one attached hydrogen (secondary N) is 2. The summed E-state index contributed by atoms with van der Waals surface area (Å²) in [7, 11) is 0. The van der Waals surface area contributed by atoms with Crippen molar-refractivity contribution in [3.63, 3.8) is 0 Å². The third-order valence-corrected chi connectivity index (χ3v) is 3.82. The molecule has 0 amide bonds. The van der Waals surface area contributed by atoms with E-state index < -0.39 is 0 Å². The molecule has 0 aromatic carbocycles. The van der Waals surface area contributed by atoms with Gasteiger partial charge in [-0.3, -0.25) is 0 Å². The number of H-pyrrole nitrogens is 1. The smallest absolute Gasteiger partial charge is 0.120 e. The van der Waals surface area contributed by atoms with E-state index in [-0.39, 0.29) is 0 Å². The number of hydrogen-bond acceptors (Lipinski definition) is 4. The lowest BCUT2D eigenvalue weighted by Crippen LogP contribution is -2.48. The van der Waals surface area contributed by atoms with Crippen LogP contribution in [-0.4, -0.2) is 65.6 Å². The van der Waals surface area contributed by atoms with Crippen molar-refractivity contribution in [3.05, 3.63) is 18.2 Å². The average molecular weight is 265 g/mol. The third-order valence-electron chi connectivity index (χ3n) is 3.82. The predicted octanol–water partition coefficient (Wildman–Crippen LogP) is 0.773. The van der Waals surface area contributed by atoms with E-state index in [2.05, 4.69) is 38.9 Å². The van der Waals surface area contributed by atoms with E-state index >= 15 is 0 Å². The van der Waals surface area contributed by atoms with Gasteiger partial charge >= 0.3 is 0 Å². The van der Waals surface area contributed by atoms with Gasteiger partial charge in [-0.25, -0.2) is 4.98 Å². The number of imidazole rings is 1. The highest BCUT2D eigenvalue weighted by atomic mass is 15.3. The summed E-state index contributed by atoms with van der Waals surface area (Å²) in [5.41, 5.74) is 0. The van der Waals surface area contributed by atoms with E-state index in [1.165, 1.54) is 39.3 Å². The van der Waals surface area contributed by atoms with Crippen molar-refractivity contribution in [1.82, 2.24) is 25.1 Å². The number of piperazine rings is 1. The number of aromatic amines is 1. The van der Waals surface area contributed by atoms with Gasteiger partial charge in [-0.15, -0.1) is 0 Å². The van der Waals surface area contributed by atoms with Crippen LogP contribution in [0.15, 0.2) is 12.4 Å². The van der Waals surface area contributed by atoms with Crippen molar-refractivity contribution < 1.29 is 0 Å². The minimum absolute atomic E-state index is 0.683. The summed E-state index contributed by atoms with van der Waals surface area (Å²) in [6.45, 7) is 13.7. The average Bonchev–Trinajstić information content (AvgIpc) is 2.93. The van der Waals surface area contributed by atoms with E-state index in [1.807, 2.05) is 6.20 Å². The predicted molar refractivity (Wildman–Crippen MR) is 78.0 cm³/mol. The Labute approximate surface area is 116 Å². The molecule has 0 spiro atoms. The van der Waals surface area contributed by atoms with E-state index in [1.54, 1.807) is 6.20 Å². The summed E-state index contributed by atoms with van der Waals surface area (Å²) >= 11 is 0. The number of aromatic nitrogens is 2. The largest absolute Gasteiger partial charge is 0.348 e. The van der Waals surface area contributed by atoms with Crippen molar-refractivity contribution in [2.75, 3.05) is 45.8 Å². The summed E-state index contributed by atoms with van der Waals surface area (Å²) < 4.78 is 0. The minimum Gasteiger partial charge on any atom is -0.348 e. The first-order chi connectivity index (χ1) is 9.28. The highest BCUT2D eigenvalue weighted by Crippen LogP contribution is 2.05. The van der Waals surface area contributed by atoms with Gasteiger partial charge in [0.05, 0.1) is 6.54 Å². The zero-order chi connectivity index (χ0) is 13.5. The molecule has 1 atom stereocenters. The molecule has 0 aliphatic carbocycles. The molecule has 2 heterocycles. The van der Waals surface area contributed by atoms with Crippen LogP contribution in [0.2, 0.25) is 0 Å². The van der Waals surface area contributed by atoms with Crippen LogP contribution in [0.4, 0.5) is 0 Å². The van der Waals surface area contributed by atoms with Crippen LogP contribution < -0.4 is 5.32 Å².